The number of hydrogen-bond acceptors (Lipinski definition) is 6. The summed E-state index contributed by atoms with van der Waals surface area (Å²) < 4.78 is 25.2. The van der Waals surface area contributed by atoms with Crippen LogP contribution in [0.3, 0.4) is 0 Å². The zero-order chi connectivity index (χ0) is 15.5. The number of nitrogens with zero attached hydrogens (tertiary/aromatic N) is 4. The fourth-order valence-corrected chi connectivity index (χ4v) is 3.44. The van der Waals surface area contributed by atoms with Crippen molar-refractivity contribution in [1.29, 1.82) is 0 Å². The molecule has 21 heavy (non-hydrogen) atoms. The molecule has 1 aromatic rings. The first-order valence-corrected chi connectivity index (χ1v) is 8.78. The topological polar surface area (TPSA) is 78.4 Å². The van der Waals surface area contributed by atoms with Crippen LogP contribution < -0.4 is 10.2 Å². The normalized spacial score (nSPS) is 17.7. The van der Waals surface area contributed by atoms with Crippen LogP contribution in [0.25, 0.3) is 0 Å². The van der Waals surface area contributed by atoms with Gasteiger partial charge in [0.15, 0.2) is 0 Å². The molecule has 118 valence electrons. The van der Waals surface area contributed by atoms with E-state index in [0.717, 1.165) is 18.7 Å². The monoisotopic (exact) mass is 313 g/mol. The molecular formula is C13H23N5O2S. The van der Waals surface area contributed by atoms with Gasteiger partial charge in [0.2, 0.25) is 16.0 Å². The second-order valence-corrected chi connectivity index (χ2v) is 7.61. The van der Waals surface area contributed by atoms with Gasteiger partial charge in [-0.15, -0.1) is 0 Å². The fraction of sp³-hybridized carbons (Fsp3) is 0.692. The van der Waals surface area contributed by atoms with E-state index in [4.69, 9.17) is 0 Å². The average molecular weight is 313 g/mol. The zero-order valence-corrected chi connectivity index (χ0v) is 13.6. The Morgan fingerprint density at radius 1 is 1.38 bits per heavy atom. The molecule has 7 nitrogen and oxygen atoms in total. The molecular weight excluding hydrogens is 290 g/mol. The Morgan fingerprint density at radius 3 is 2.62 bits per heavy atom. The van der Waals surface area contributed by atoms with Crippen molar-refractivity contribution >= 4 is 21.8 Å². The van der Waals surface area contributed by atoms with Crippen molar-refractivity contribution in [2.45, 2.75) is 25.8 Å². The van der Waals surface area contributed by atoms with Crippen molar-refractivity contribution in [1.82, 2.24) is 14.3 Å². The summed E-state index contributed by atoms with van der Waals surface area (Å²) in [6, 6.07) is 2.06. The van der Waals surface area contributed by atoms with Gasteiger partial charge in [-0.2, -0.15) is 4.98 Å². The largest absolute Gasteiger partial charge is 0.363 e. The summed E-state index contributed by atoms with van der Waals surface area (Å²) in [6.45, 7) is 2.79. The highest BCUT2D eigenvalue weighted by atomic mass is 32.2. The Balaban J connectivity index is 1.93. The van der Waals surface area contributed by atoms with E-state index in [9.17, 15) is 8.42 Å². The molecule has 1 aliphatic heterocycles. The van der Waals surface area contributed by atoms with Gasteiger partial charge in [0.05, 0.1) is 5.75 Å². The number of anilines is 2. The molecule has 0 radical (unpaired) electrons. The fourth-order valence-electron chi connectivity index (χ4n) is 2.31. The van der Waals surface area contributed by atoms with E-state index in [1.54, 1.807) is 17.4 Å². The molecule has 0 aliphatic carbocycles. The van der Waals surface area contributed by atoms with Crippen molar-refractivity contribution in [2.75, 3.05) is 43.2 Å². The van der Waals surface area contributed by atoms with E-state index in [1.165, 1.54) is 0 Å². The highest BCUT2D eigenvalue weighted by Crippen LogP contribution is 2.18. The molecule has 2 rings (SSSR count). The van der Waals surface area contributed by atoms with Gasteiger partial charge >= 0.3 is 0 Å². The lowest BCUT2D eigenvalue weighted by atomic mass is 10.1. The maximum absolute atomic E-state index is 11.8. The van der Waals surface area contributed by atoms with Gasteiger partial charge in [0, 0.05) is 39.4 Å². The lowest BCUT2D eigenvalue weighted by molar-refractivity contribution is 0.329. The molecule has 1 fully saturated rings. The molecule has 0 amide bonds. The van der Waals surface area contributed by atoms with Gasteiger partial charge in [0.25, 0.3) is 0 Å². The molecule has 1 aromatic heterocycles. The molecule has 0 aromatic carbocycles. The first-order chi connectivity index (χ1) is 9.92. The van der Waals surface area contributed by atoms with Crippen LogP contribution in [-0.2, 0) is 10.0 Å². The molecule has 0 spiro atoms. The van der Waals surface area contributed by atoms with Gasteiger partial charge in [0.1, 0.15) is 5.82 Å². The van der Waals surface area contributed by atoms with Gasteiger partial charge in [-0.3, -0.25) is 0 Å². The van der Waals surface area contributed by atoms with Crippen LogP contribution in [0.5, 0.6) is 0 Å². The van der Waals surface area contributed by atoms with Crippen LogP contribution in [-0.4, -0.2) is 61.7 Å². The van der Waals surface area contributed by atoms with Crippen molar-refractivity contribution in [3.8, 4) is 0 Å². The molecule has 1 N–H and O–H groups in total. The standard InChI is InChI=1S/C13H23N5O2S/c1-4-21(19,20)18-9-6-11(7-10-18)15-13-14-8-5-12(16-13)17(2)3/h5,8,11H,4,6-7,9-10H2,1-3H3,(H,14,15,16). The van der Waals surface area contributed by atoms with E-state index in [0.29, 0.717) is 19.0 Å². The van der Waals surface area contributed by atoms with Crippen LogP contribution in [0.2, 0.25) is 0 Å². The molecule has 1 saturated heterocycles. The molecule has 0 atom stereocenters. The number of aromatic nitrogens is 2. The molecule has 0 bridgehead atoms. The van der Waals surface area contributed by atoms with E-state index in [-0.39, 0.29) is 11.8 Å². The summed E-state index contributed by atoms with van der Waals surface area (Å²) in [6.07, 6.45) is 3.27. The number of rotatable bonds is 5. The minimum absolute atomic E-state index is 0.166. The van der Waals surface area contributed by atoms with Gasteiger partial charge < -0.3 is 10.2 Å². The third-order valence-corrected chi connectivity index (χ3v) is 5.53. The van der Waals surface area contributed by atoms with Crippen molar-refractivity contribution in [2.24, 2.45) is 0 Å². The van der Waals surface area contributed by atoms with Gasteiger partial charge in [-0.05, 0) is 25.8 Å². The number of hydrogen-bond donors (Lipinski definition) is 1. The molecule has 2 heterocycles. The molecule has 8 heteroatoms. The van der Waals surface area contributed by atoms with Crippen LogP contribution in [0, 0.1) is 0 Å². The number of piperidine rings is 1. The van der Waals surface area contributed by atoms with Gasteiger partial charge in [-0.25, -0.2) is 17.7 Å². The lowest BCUT2D eigenvalue weighted by Gasteiger charge is -2.31. The first-order valence-electron chi connectivity index (χ1n) is 7.17. The van der Waals surface area contributed by atoms with Crippen molar-refractivity contribution < 1.29 is 8.42 Å². The third kappa shape index (κ3) is 4.04. The second-order valence-electron chi connectivity index (χ2n) is 5.35. The Morgan fingerprint density at radius 2 is 2.05 bits per heavy atom. The molecule has 0 unspecified atom stereocenters. The predicted octanol–water partition coefficient (Wildman–Crippen LogP) is 0.769. The Labute approximate surface area is 126 Å². The predicted molar refractivity (Wildman–Crippen MR) is 84.0 cm³/mol. The quantitative estimate of drug-likeness (QED) is 0.865. The molecule has 1 aliphatic rings. The summed E-state index contributed by atoms with van der Waals surface area (Å²) in [5.41, 5.74) is 0. The molecule has 0 saturated carbocycles. The average Bonchev–Trinajstić information content (AvgIpc) is 2.48. The van der Waals surface area contributed by atoms with Crippen LogP contribution in [0.1, 0.15) is 19.8 Å². The SMILES string of the molecule is CCS(=O)(=O)N1CCC(Nc2nccc(N(C)C)n2)CC1. The first kappa shape index (κ1) is 16.0. The summed E-state index contributed by atoms with van der Waals surface area (Å²) in [4.78, 5) is 10.6. The smallest absolute Gasteiger partial charge is 0.224 e. The summed E-state index contributed by atoms with van der Waals surface area (Å²) in [5.74, 6) is 1.61. The Bertz CT molecular complexity index is 568. The second kappa shape index (κ2) is 6.57. The number of nitrogens with one attached hydrogen (secondary N) is 1. The lowest BCUT2D eigenvalue weighted by Crippen LogP contribution is -2.43. The zero-order valence-electron chi connectivity index (χ0n) is 12.8. The number of sulfonamides is 1. The van der Waals surface area contributed by atoms with Crippen LogP contribution in [0.4, 0.5) is 11.8 Å². The maximum atomic E-state index is 11.8. The highest BCUT2D eigenvalue weighted by Gasteiger charge is 2.26. The van der Waals surface area contributed by atoms with E-state index >= 15 is 0 Å². The summed E-state index contributed by atoms with van der Waals surface area (Å²) in [7, 11) is 0.794. The van der Waals surface area contributed by atoms with E-state index < -0.39 is 10.0 Å². The minimum Gasteiger partial charge on any atom is -0.363 e. The van der Waals surface area contributed by atoms with Crippen LogP contribution >= 0.6 is 0 Å². The third-order valence-electron chi connectivity index (χ3n) is 3.64. The Hall–Kier alpha value is -1.41. The maximum Gasteiger partial charge on any atom is 0.224 e. The highest BCUT2D eigenvalue weighted by molar-refractivity contribution is 7.89. The minimum atomic E-state index is -3.07. The van der Waals surface area contributed by atoms with Crippen molar-refractivity contribution in [3.63, 3.8) is 0 Å². The Kier molecular flexibility index (Phi) is 5.00. The van der Waals surface area contributed by atoms with E-state index in [2.05, 4.69) is 15.3 Å². The van der Waals surface area contributed by atoms with E-state index in [1.807, 2.05) is 25.1 Å². The van der Waals surface area contributed by atoms with Crippen molar-refractivity contribution in [3.05, 3.63) is 12.3 Å². The summed E-state index contributed by atoms with van der Waals surface area (Å²) in [5, 5.41) is 3.30. The van der Waals surface area contributed by atoms with Crippen LogP contribution in [0.15, 0.2) is 12.3 Å². The van der Waals surface area contributed by atoms with Gasteiger partial charge in [-0.1, -0.05) is 0 Å². The summed E-state index contributed by atoms with van der Waals surface area (Å²) >= 11 is 0.